The molecular weight excluding hydrogens is 218 g/mol. The minimum Gasteiger partial charge on any atom is -0.497 e. The van der Waals surface area contributed by atoms with E-state index in [0.29, 0.717) is 5.56 Å². The van der Waals surface area contributed by atoms with E-state index in [9.17, 15) is 9.90 Å². The Balaban J connectivity index is 2.82. The first-order valence-corrected chi connectivity index (χ1v) is 5.40. The van der Waals surface area contributed by atoms with Crippen LogP contribution in [0, 0.1) is 0 Å². The molecule has 1 heterocycles. The summed E-state index contributed by atoms with van der Waals surface area (Å²) in [4.78, 5) is 12.0. The van der Waals surface area contributed by atoms with Gasteiger partial charge in [-0.25, -0.2) is 0 Å². The first-order valence-electron chi connectivity index (χ1n) is 5.40. The van der Waals surface area contributed by atoms with E-state index in [1.165, 1.54) is 4.57 Å². The molecule has 0 fully saturated rings. The quantitative estimate of drug-likeness (QED) is 0.857. The maximum absolute atomic E-state index is 12.0. The lowest BCUT2D eigenvalue weighted by Gasteiger charge is -2.11. The molecule has 0 aliphatic carbocycles. The van der Waals surface area contributed by atoms with Gasteiger partial charge in [0.05, 0.1) is 18.7 Å². The summed E-state index contributed by atoms with van der Waals surface area (Å²) in [6.45, 7) is 1.59. The topological polar surface area (TPSA) is 51.5 Å². The van der Waals surface area contributed by atoms with Gasteiger partial charge in [-0.1, -0.05) is 0 Å². The van der Waals surface area contributed by atoms with E-state index in [2.05, 4.69) is 0 Å². The van der Waals surface area contributed by atoms with E-state index < -0.39 is 6.10 Å². The van der Waals surface area contributed by atoms with Crippen LogP contribution in [0.3, 0.4) is 0 Å². The summed E-state index contributed by atoms with van der Waals surface area (Å²) in [7, 11) is 3.29. The van der Waals surface area contributed by atoms with Crippen LogP contribution in [0.15, 0.2) is 29.1 Å². The van der Waals surface area contributed by atoms with Crippen molar-refractivity contribution in [2.45, 2.75) is 13.0 Å². The standard InChI is InChI=1S/C13H15NO3/c1-8(15)11-7-9-6-10(17-3)4-5-12(9)14(2)13(11)16/h4-8,15H,1-3H3. The molecule has 0 amide bonds. The lowest BCUT2D eigenvalue weighted by Crippen LogP contribution is -2.22. The van der Waals surface area contributed by atoms with Crippen LogP contribution >= 0.6 is 0 Å². The molecule has 1 unspecified atom stereocenters. The largest absolute Gasteiger partial charge is 0.497 e. The van der Waals surface area contributed by atoms with Gasteiger partial charge in [-0.05, 0) is 31.2 Å². The van der Waals surface area contributed by atoms with Crippen LogP contribution in [-0.4, -0.2) is 16.8 Å². The highest BCUT2D eigenvalue weighted by Gasteiger charge is 2.11. The fourth-order valence-electron chi connectivity index (χ4n) is 1.91. The first-order chi connectivity index (χ1) is 8.04. The van der Waals surface area contributed by atoms with Crippen molar-refractivity contribution in [2.75, 3.05) is 7.11 Å². The Bertz CT molecular complexity index is 614. The monoisotopic (exact) mass is 233 g/mol. The van der Waals surface area contributed by atoms with Crippen molar-refractivity contribution in [3.63, 3.8) is 0 Å². The Labute approximate surface area is 99.1 Å². The average Bonchev–Trinajstić information content (AvgIpc) is 2.32. The highest BCUT2D eigenvalue weighted by Crippen LogP contribution is 2.21. The number of ether oxygens (including phenoxy) is 1. The summed E-state index contributed by atoms with van der Waals surface area (Å²) in [5.41, 5.74) is 1.05. The van der Waals surface area contributed by atoms with Crippen molar-refractivity contribution < 1.29 is 9.84 Å². The molecule has 1 aromatic heterocycles. The molecule has 0 saturated carbocycles. The number of aromatic nitrogens is 1. The van der Waals surface area contributed by atoms with Gasteiger partial charge < -0.3 is 14.4 Å². The van der Waals surface area contributed by atoms with E-state index in [4.69, 9.17) is 4.74 Å². The number of aliphatic hydroxyl groups is 1. The van der Waals surface area contributed by atoms with E-state index in [1.54, 1.807) is 27.1 Å². The van der Waals surface area contributed by atoms with Gasteiger partial charge in [0.15, 0.2) is 0 Å². The van der Waals surface area contributed by atoms with Crippen molar-refractivity contribution in [3.8, 4) is 5.75 Å². The van der Waals surface area contributed by atoms with Crippen LogP contribution in [0.25, 0.3) is 10.9 Å². The van der Waals surface area contributed by atoms with Crippen LogP contribution in [0.5, 0.6) is 5.75 Å². The lowest BCUT2D eigenvalue weighted by molar-refractivity contribution is 0.197. The third-order valence-electron chi connectivity index (χ3n) is 2.91. The third-order valence-corrected chi connectivity index (χ3v) is 2.91. The second kappa shape index (κ2) is 4.22. The predicted octanol–water partition coefficient (Wildman–Crippen LogP) is 1.60. The van der Waals surface area contributed by atoms with Crippen molar-refractivity contribution >= 4 is 10.9 Å². The second-order valence-electron chi connectivity index (χ2n) is 4.06. The number of aliphatic hydroxyl groups excluding tert-OH is 1. The smallest absolute Gasteiger partial charge is 0.256 e. The molecule has 2 rings (SSSR count). The molecule has 0 spiro atoms. The number of aryl methyl sites for hydroxylation is 1. The van der Waals surface area contributed by atoms with Crippen molar-refractivity contribution in [1.82, 2.24) is 4.57 Å². The number of hydrogen-bond acceptors (Lipinski definition) is 3. The summed E-state index contributed by atoms with van der Waals surface area (Å²) in [6, 6.07) is 7.21. The molecule has 0 aliphatic rings. The van der Waals surface area contributed by atoms with Crippen LogP contribution in [0.2, 0.25) is 0 Å². The highest BCUT2D eigenvalue weighted by atomic mass is 16.5. The Kier molecular flexibility index (Phi) is 2.90. The predicted molar refractivity (Wildman–Crippen MR) is 66.4 cm³/mol. The lowest BCUT2D eigenvalue weighted by atomic mass is 10.1. The molecule has 2 aromatic rings. The fraction of sp³-hybridized carbons (Fsp3) is 0.308. The van der Waals surface area contributed by atoms with Gasteiger partial charge in [0.25, 0.3) is 5.56 Å². The summed E-state index contributed by atoms with van der Waals surface area (Å²) in [5.74, 6) is 0.729. The van der Waals surface area contributed by atoms with Gasteiger partial charge in [-0.3, -0.25) is 4.79 Å². The van der Waals surface area contributed by atoms with Gasteiger partial charge >= 0.3 is 0 Å². The summed E-state index contributed by atoms with van der Waals surface area (Å²) < 4.78 is 6.68. The zero-order valence-corrected chi connectivity index (χ0v) is 10.1. The Morgan fingerprint density at radius 1 is 1.35 bits per heavy atom. The molecule has 4 nitrogen and oxygen atoms in total. The SMILES string of the molecule is COc1ccc2c(c1)cc(C(C)O)c(=O)n2C. The van der Waals surface area contributed by atoms with Crippen LogP contribution < -0.4 is 10.3 Å². The van der Waals surface area contributed by atoms with Crippen molar-refractivity contribution in [3.05, 3.63) is 40.2 Å². The van der Waals surface area contributed by atoms with Gasteiger partial charge in [0.2, 0.25) is 0 Å². The number of fused-ring (bicyclic) bond motifs is 1. The number of rotatable bonds is 2. The second-order valence-corrected chi connectivity index (χ2v) is 4.06. The zero-order chi connectivity index (χ0) is 12.6. The molecule has 0 radical (unpaired) electrons. The van der Waals surface area contributed by atoms with Crippen LogP contribution in [0.4, 0.5) is 0 Å². The highest BCUT2D eigenvalue weighted by molar-refractivity contribution is 5.81. The van der Waals surface area contributed by atoms with Crippen molar-refractivity contribution in [2.24, 2.45) is 7.05 Å². The van der Waals surface area contributed by atoms with Gasteiger partial charge in [0.1, 0.15) is 5.75 Å². The Hall–Kier alpha value is -1.81. The molecular formula is C13H15NO3. The number of pyridine rings is 1. The minimum absolute atomic E-state index is 0.169. The van der Waals surface area contributed by atoms with Crippen LogP contribution in [-0.2, 0) is 7.05 Å². The Morgan fingerprint density at radius 2 is 2.06 bits per heavy atom. The average molecular weight is 233 g/mol. The number of hydrogen-bond donors (Lipinski definition) is 1. The number of benzene rings is 1. The minimum atomic E-state index is -0.774. The van der Waals surface area contributed by atoms with E-state index >= 15 is 0 Å². The van der Waals surface area contributed by atoms with Gasteiger partial charge in [0, 0.05) is 18.0 Å². The maximum Gasteiger partial charge on any atom is 0.256 e. The molecule has 0 bridgehead atoms. The summed E-state index contributed by atoms with van der Waals surface area (Å²) >= 11 is 0. The molecule has 4 heteroatoms. The van der Waals surface area contributed by atoms with E-state index in [0.717, 1.165) is 16.7 Å². The van der Waals surface area contributed by atoms with Crippen molar-refractivity contribution in [1.29, 1.82) is 0 Å². The van der Waals surface area contributed by atoms with E-state index in [1.807, 2.05) is 18.2 Å². The summed E-state index contributed by atoms with van der Waals surface area (Å²) in [5, 5.41) is 10.4. The van der Waals surface area contributed by atoms with Gasteiger partial charge in [-0.15, -0.1) is 0 Å². The Morgan fingerprint density at radius 3 is 2.65 bits per heavy atom. The maximum atomic E-state index is 12.0. The zero-order valence-electron chi connectivity index (χ0n) is 10.1. The number of methoxy groups -OCH3 is 1. The normalized spacial score (nSPS) is 12.7. The molecule has 0 saturated heterocycles. The molecule has 1 atom stereocenters. The molecule has 90 valence electrons. The van der Waals surface area contributed by atoms with Gasteiger partial charge in [-0.2, -0.15) is 0 Å². The summed E-state index contributed by atoms with van der Waals surface area (Å²) in [6.07, 6.45) is -0.774. The molecule has 1 aromatic carbocycles. The van der Waals surface area contributed by atoms with Crippen LogP contribution in [0.1, 0.15) is 18.6 Å². The number of nitrogens with zero attached hydrogens (tertiary/aromatic N) is 1. The van der Waals surface area contributed by atoms with E-state index in [-0.39, 0.29) is 5.56 Å². The molecule has 17 heavy (non-hydrogen) atoms. The molecule has 1 N–H and O–H groups in total. The third kappa shape index (κ3) is 1.91. The first kappa shape index (κ1) is 11.7. The molecule has 0 aliphatic heterocycles. The fourth-order valence-corrected chi connectivity index (χ4v) is 1.91.